The van der Waals surface area contributed by atoms with Crippen molar-refractivity contribution in [2.24, 2.45) is 5.92 Å². The van der Waals surface area contributed by atoms with E-state index in [0.29, 0.717) is 13.2 Å². The predicted octanol–water partition coefficient (Wildman–Crippen LogP) is 1.96. The number of ether oxygens (including phenoxy) is 1. The Morgan fingerprint density at radius 2 is 2.00 bits per heavy atom. The van der Waals surface area contributed by atoms with Crippen molar-refractivity contribution in [3.8, 4) is 0 Å². The van der Waals surface area contributed by atoms with E-state index in [4.69, 9.17) is 4.74 Å². The van der Waals surface area contributed by atoms with Gasteiger partial charge in [0.15, 0.2) is 0 Å². The Morgan fingerprint density at radius 3 is 2.43 bits per heavy atom. The smallest absolute Gasteiger partial charge is 0.222 e. The maximum Gasteiger partial charge on any atom is 0.222 e. The van der Waals surface area contributed by atoms with Crippen LogP contribution in [0.2, 0.25) is 0 Å². The summed E-state index contributed by atoms with van der Waals surface area (Å²) in [7, 11) is 0. The van der Waals surface area contributed by atoms with Crippen LogP contribution < -0.4 is 5.32 Å². The Bertz CT molecular complexity index is 176. The SMILES string of the molecule is CCOC(C)(C)CCNC(=O)C(C)C. The molecule has 0 aromatic rings. The zero-order chi connectivity index (χ0) is 11.2. The minimum absolute atomic E-state index is 0.0604. The molecule has 0 radical (unpaired) electrons. The molecule has 0 aliphatic rings. The molecule has 0 atom stereocenters. The fraction of sp³-hybridized carbons (Fsp3) is 0.909. The lowest BCUT2D eigenvalue weighted by Gasteiger charge is -2.24. The molecule has 0 saturated heterocycles. The van der Waals surface area contributed by atoms with E-state index in [2.05, 4.69) is 5.32 Å². The summed E-state index contributed by atoms with van der Waals surface area (Å²) in [5, 5.41) is 2.88. The Hall–Kier alpha value is -0.570. The standard InChI is InChI=1S/C11H23NO2/c1-6-14-11(4,5)7-8-12-10(13)9(2)3/h9H,6-8H2,1-5H3,(H,12,13). The van der Waals surface area contributed by atoms with Crippen molar-refractivity contribution < 1.29 is 9.53 Å². The van der Waals surface area contributed by atoms with Gasteiger partial charge in [-0.25, -0.2) is 0 Å². The van der Waals surface area contributed by atoms with Gasteiger partial charge in [0.05, 0.1) is 5.60 Å². The van der Waals surface area contributed by atoms with E-state index in [9.17, 15) is 4.79 Å². The third kappa shape index (κ3) is 5.97. The van der Waals surface area contributed by atoms with E-state index < -0.39 is 0 Å². The molecule has 0 saturated carbocycles. The molecule has 0 spiro atoms. The van der Waals surface area contributed by atoms with Gasteiger partial charge in [-0.2, -0.15) is 0 Å². The molecule has 3 nitrogen and oxygen atoms in total. The highest BCUT2D eigenvalue weighted by molar-refractivity contribution is 5.77. The molecule has 0 aromatic carbocycles. The quantitative estimate of drug-likeness (QED) is 0.713. The average Bonchev–Trinajstić information content (AvgIpc) is 2.03. The van der Waals surface area contributed by atoms with E-state index in [0.717, 1.165) is 6.42 Å². The van der Waals surface area contributed by atoms with Crippen LogP contribution in [0.4, 0.5) is 0 Å². The minimum Gasteiger partial charge on any atom is -0.376 e. The van der Waals surface area contributed by atoms with Crippen molar-refractivity contribution in [2.75, 3.05) is 13.2 Å². The van der Waals surface area contributed by atoms with Gasteiger partial charge in [-0.15, -0.1) is 0 Å². The predicted molar refractivity (Wildman–Crippen MR) is 58.2 cm³/mol. The van der Waals surface area contributed by atoms with E-state index in [1.54, 1.807) is 0 Å². The van der Waals surface area contributed by atoms with Gasteiger partial charge < -0.3 is 10.1 Å². The highest BCUT2D eigenvalue weighted by Crippen LogP contribution is 2.12. The van der Waals surface area contributed by atoms with Gasteiger partial charge in [0.25, 0.3) is 0 Å². The van der Waals surface area contributed by atoms with Crippen LogP contribution in [0.5, 0.6) is 0 Å². The lowest BCUT2D eigenvalue weighted by molar-refractivity contribution is -0.124. The second-order valence-electron chi connectivity index (χ2n) is 4.39. The molecule has 1 amide bonds. The fourth-order valence-electron chi connectivity index (χ4n) is 1.15. The van der Waals surface area contributed by atoms with E-state index in [-0.39, 0.29) is 17.4 Å². The van der Waals surface area contributed by atoms with Crippen molar-refractivity contribution in [2.45, 2.75) is 46.6 Å². The van der Waals surface area contributed by atoms with Crippen molar-refractivity contribution in [1.82, 2.24) is 5.32 Å². The summed E-state index contributed by atoms with van der Waals surface area (Å²) >= 11 is 0. The van der Waals surface area contributed by atoms with Gasteiger partial charge >= 0.3 is 0 Å². The highest BCUT2D eigenvalue weighted by Gasteiger charge is 2.17. The summed E-state index contributed by atoms with van der Waals surface area (Å²) in [5.41, 5.74) is -0.140. The number of rotatable bonds is 6. The number of amides is 1. The fourth-order valence-corrected chi connectivity index (χ4v) is 1.15. The van der Waals surface area contributed by atoms with E-state index in [1.165, 1.54) is 0 Å². The first-order valence-electron chi connectivity index (χ1n) is 5.30. The van der Waals surface area contributed by atoms with Crippen LogP contribution in [0.3, 0.4) is 0 Å². The van der Waals surface area contributed by atoms with Gasteiger partial charge in [0, 0.05) is 19.1 Å². The third-order valence-corrected chi connectivity index (χ3v) is 2.09. The topological polar surface area (TPSA) is 38.3 Å². The maximum absolute atomic E-state index is 11.2. The summed E-state index contributed by atoms with van der Waals surface area (Å²) in [6.07, 6.45) is 0.847. The number of carbonyl (C=O) groups excluding carboxylic acids is 1. The van der Waals surface area contributed by atoms with Crippen molar-refractivity contribution in [3.63, 3.8) is 0 Å². The Kier molecular flexibility index (Phi) is 5.77. The molecular formula is C11H23NO2. The lowest BCUT2D eigenvalue weighted by Crippen LogP contribution is -2.34. The Morgan fingerprint density at radius 1 is 1.43 bits per heavy atom. The first kappa shape index (κ1) is 13.4. The third-order valence-electron chi connectivity index (χ3n) is 2.09. The monoisotopic (exact) mass is 201 g/mol. The first-order chi connectivity index (χ1) is 6.39. The summed E-state index contributed by atoms with van der Waals surface area (Å²) in [6, 6.07) is 0. The summed E-state index contributed by atoms with van der Waals surface area (Å²) in [5.74, 6) is 0.169. The van der Waals surface area contributed by atoms with E-state index in [1.807, 2.05) is 34.6 Å². The van der Waals surface area contributed by atoms with Gasteiger partial charge in [-0.05, 0) is 27.2 Å². The van der Waals surface area contributed by atoms with Crippen LogP contribution in [0, 0.1) is 5.92 Å². The number of carbonyl (C=O) groups is 1. The van der Waals surface area contributed by atoms with Crippen molar-refractivity contribution in [1.29, 1.82) is 0 Å². The summed E-state index contributed by atoms with van der Waals surface area (Å²) in [6.45, 7) is 11.2. The molecule has 0 unspecified atom stereocenters. The van der Waals surface area contributed by atoms with E-state index >= 15 is 0 Å². The molecule has 0 aliphatic heterocycles. The van der Waals surface area contributed by atoms with Crippen LogP contribution in [0.1, 0.15) is 41.0 Å². The second kappa shape index (κ2) is 6.02. The lowest BCUT2D eigenvalue weighted by atomic mass is 10.1. The largest absolute Gasteiger partial charge is 0.376 e. The molecule has 14 heavy (non-hydrogen) atoms. The van der Waals surface area contributed by atoms with Gasteiger partial charge in [-0.1, -0.05) is 13.8 Å². The normalized spacial score (nSPS) is 11.9. The molecule has 0 aliphatic carbocycles. The number of hydrogen-bond acceptors (Lipinski definition) is 2. The molecule has 84 valence electrons. The molecule has 0 fully saturated rings. The van der Waals surface area contributed by atoms with Gasteiger partial charge in [0.2, 0.25) is 5.91 Å². The Labute approximate surface area is 87.2 Å². The van der Waals surface area contributed by atoms with Crippen LogP contribution in [-0.2, 0) is 9.53 Å². The van der Waals surface area contributed by atoms with Gasteiger partial charge in [-0.3, -0.25) is 4.79 Å². The Balaban J connectivity index is 3.68. The molecule has 0 aromatic heterocycles. The highest BCUT2D eigenvalue weighted by atomic mass is 16.5. The molecule has 0 rings (SSSR count). The average molecular weight is 201 g/mol. The van der Waals surface area contributed by atoms with Crippen LogP contribution in [0.25, 0.3) is 0 Å². The zero-order valence-corrected chi connectivity index (χ0v) is 10.0. The number of nitrogens with one attached hydrogen (secondary N) is 1. The molecule has 1 N–H and O–H groups in total. The second-order valence-corrected chi connectivity index (χ2v) is 4.39. The van der Waals surface area contributed by atoms with Crippen molar-refractivity contribution in [3.05, 3.63) is 0 Å². The maximum atomic E-state index is 11.2. The zero-order valence-electron chi connectivity index (χ0n) is 10.0. The van der Waals surface area contributed by atoms with Gasteiger partial charge in [0.1, 0.15) is 0 Å². The van der Waals surface area contributed by atoms with Crippen molar-refractivity contribution >= 4 is 5.91 Å². The summed E-state index contributed by atoms with van der Waals surface area (Å²) in [4.78, 5) is 11.2. The van der Waals surface area contributed by atoms with Crippen LogP contribution in [-0.4, -0.2) is 24.7 Å². The minimum atomic E-state index is -0.140. The molecular weight excluding hydrogens is 178 g/mol. The van der Waals surface area contributed by atoms with Crippen LogP contribution >= 0.6 is 0 Å². The molecule has 0 bridgehead atoms. The number of hydrogen-bond donors (Lipinski definition) is 1. The van der Waals surface area contributed by atoms with Crippen LogP contribution in [0.15, 0.2) is 0 Å². The summed E-state index contributed by atoms with van der Waals surface area (Å²) < 4.78 is 5.52. The first-order valence-corrected chi connectivity index (χ1v) is 5.30. The molecule has 0 heterocycles. The molecule has 3 heteroatoms.